The molecule has 39 heavy (non-hydrogen) atoms. The van der Waals surface area contributed by atoms with E-state index < -0.39 is 5.82 Å². The minimum Gasteiger partial charge on any atom is -0.494 e. The van der Waals surface area contributed by atoms with Crippen LogP contribution in [0.5, 0.6) is 5.75 Å². The lowest BCUT2D eigenvalue weighted by atomic mass is 10.0. The molecule has 1 amide bonds. The van der Waals surface area contributed by atoms with Crippen LogP contribution in [0.3, 0.4) is 0 Å². The summed E-state index contributed by atoms with van der Waals surface area (Å²) in [6.45, 7) is 8.14. The Balaban J connectivity index is 1.54. The standard InChI is InChI=1S/C30H37F2N5O2/c1-18-15-23-28(27(34-18)21-5-6-21)33-17-24(29(23)37-11-9-19(2)36(12-10-31)13-14-37)30(38)35-20(3)22-7-8-25(32)26(16-22)39-4/h7-8,15-17,19-21H,5-6,9-14H2,1-4H3,(H,35,38)/t19-,20-/m0/s1. The molecule has 1 aliphatic heterocycles. The minimum absolute atomic E-state index is 0.133. The molecule has 2 aromatic heterocycles. The lowest BCUT2D eigenvalue weighted by molar-refractivity contribution is 0.0940. The zero-order valence-electron chi connectivity index (χ0n) is 23.1. The SMILES string of the molecule is COc1cc([C@H](C)NC(=O)c2cnc3c(C4CC4)nc(C)cc3c2N2CC[C@H](C)N(CCF)CC2)ccc1F. The van der Waals surface area contributed by atoms with Crippen LogP contribution in [-0.4, -0.2) is 66.8 Å². The molecule has 3 heterocycles. The third-order valence-corrected chi connectivity index (χ3v) is 8.00. The van der Waals surface area contributed by atoms with Crippen LogP contribution in [0, 0.1) is 12.7 Å². The molecular weight excluding hydrogens is 500 g/mol. The molecule has 0 spiro atoms. The molecule has 2 aliphatic rings. The number of ether oxygens (including phenoxy) is 1. The molecule has 1 aromatic carbocycles. The van der Waals surface area contributed by atoms with Crippen molar-refractivity contribution in [3.63, 3.8) is 0 Å². The lowest BCUT2D eigenvalue weighted by Crippen LogP contribution is -2.36. The van der Waals surface area contributed by atoms with Crippen molar-refractivity contribution in [2.75, 3.05) is 44.9 Å². The number of amides is 1. The van der Waals surface area contributed by atoms with E-state index in [9.17, 15) is 13.6 Å². The van der Waals surface area contributed by atoms with Crippen LogP contribution >= 0.6 is 0 Å². The van der Waals surface area contributed by atoms with Gasteiger partial charge in [-0.2, -0.15) is 0 Å². The van der Waals surface area contributed by atoms with Crippen molar-refractivity contribution in [3.8, 4) is 5.75 Å². The van der Waals surface area contributed by atoms with E-state index in [1.54, 1.807) is 18.3 Å². The second-order valence-electron chi connectivity index (χ2n) is 10.8. The fraction of sp³-hybridized carbons (Fsp3) is 0.500. The molecule has 1 aliphatic carbocycles. The maximum absolute atomic E-state index is 14.0. The van der Waals surface area contributed by atoms with Gasteiger partial charge in [-0.05, 0) is 63.8 Å². The molecule has 7 nitrogen and oxygen atoms in total. The molecule has 2 atom stereocenters. The Morgan fingerprint density at radius 1 is 1.21 bits per heavy atom. The number of pyridine rings is 2. The lowest BCUT2D eigenvalue weighted by Gasteiger charge is -2.28. The van der Waals surface area contributed by atoms with E-state index in [2.05, 4.69) is 22.0 Å². The van der Waals surface area contributed by atoms with Crippen molar-refractivity contribution in [3.05, 3.63) is 58.8 Å². The van der Waals surface area contributed by atoms with Gasteiger partial charge in [0.1, 0.15) is 6.67 Å². The van der Waals surface area contributed by atoms with E-state index in [1.165, 1.54) is 13.2 Å². The zero-order chi connectivity index (χ0) is 27.7. The summed E-state index contributed by atoms with van der Waals surface area (Å²) >= 11 is 0. The first-order valence-electron chi connectivity index (χ1n) is 13.8. The van der Waals surface area contributed by atoms with Gasteiger partial charge in [0.2, 0.25) is 0 Å². The van der Waals surface area contributed by atoms with Crippen molar-refractivity contribution in [1.82, 2.24) is 20.2 Å². The molecule has 1 saturated carbocycles. The van der Waals surface area contributed by atoms with E-state index in [-0.39, 0.29) is 30.4 Å². The van der Waals surface area contributed by atoms with Gasteiger partial charge in [0.05, 0.1) is 35.6 Å². The van der Waals surface area contributed by atoms with Crippen molar-refractivity contribution >= 4 is 22.5 Å². The number of aryl methyl sites for hydroxylation is 1. The first-order valence-corrected chi connectivity index (χ1v) is 13.8. The highest BCUT2D eigenvalue weighted by molar-refractivity contribution is 6.08. The van der Waals surface area contributed by atoms with Crippen molar-refractivity contribution < 1.29 is 18.3 Å². The van der Waals surface area contributed by atoms with Gasteiger partial charge in [0.15, 0.2) is 11.6 Å². The highest BCUT2D eigenvalue weighted by Crippen LogP contribution is 2.43. The number of fused-ring (bicyclic) bond motifs is 1. The van der Waals surface area contributed by atoms with E-state index in [0.29, 0.717) is 31.1 Å². The minimum atomic E-state index is -0.451. The summed E-state index contributed by atoms with van der Waals surface area (Å²) in [5.74, 6) is -0.164. The van der Waals surface area contributed by atoms with Gasteiger partial charge in [-0.15, -0.1) is 0 Å². The molecular formula is C30H37F2N5O2. The molecule has 3 aromatic rings. The number of alkyl halides is 1. The Bertz CT molecular complexity index is 1360. The Morgan fingerprint density at radius 2 is 2.00 bits per heavy atom. The topological polar surface area (TPSA) is 70.6 Å². The number of nitrogens with one attached hydrogen (secondary N) is 1. The number of halogens is 2. The van der Waals surface area contributed by atoms with Gasteiger partial charge in [0.25, 0.3) is 5.91 Å². The van der Waals surface area contributed by atoms with E-state index >= 15 is 0 Å². The summed E-state index contributed by atoms with van der Waals surface area (Å²) in [6, 6.07) is 6.48. The smallest absolute Gasteiger partial charge is 0.255 e. The van der Waals surface area contributed by atoms with Crippen molar-refractivity contribution in [2.45, 2.75) is 58.0 Å². The first kappa shape index (κ1) is 27.2. The molecule has 208 valence electrons. The number of carbonyl (C=O) groups excluding carboxylic acids is 1. The van der Waals surface area contributed by atoms with Crippen molar-refractivity contribution in [2.24, 2.45) is 0 Å². The van der Waals surface area contributed by atoms with E-state index in [4.69, 9.17) is 14.7 Å². The Kier molecular flexibility index (Phi) is 7.98. The maximum Gasteiger partial charge on any atom is 0.255 e. The van der Waals surface area contributed by atoms with Gasteiger partial charge >= 0.3 is 0 Å². The van der Waals surface area contributed by atoms with Crippen LogP contribution in [-0.2, 0) is 0 Å². The third-order valence-electron chi connectivity index (χ3n) is 8.00. The number of nitrogens with zero attached hydrogens (tertiary/aromatic N) is 4. The molecule has 1 N–H and O–H groups in total. The Labute approximate surface area is 228 Å². The van der Waals surface area contributed by atoms with Gasteiger partial charge < -0.3 is 15.0 Å². The number of hydrogen-bond acceptors (Lipinski definition) is 6. The van der Waals surface area contributed by atoms with Gasteiger partial charge in [0, 0.05) is 55.4 Å². The Hall–Kier alpha value is -3.33. The summed E-state index contributed by atoms with van der Waals surface area (Å²) < 4.78 is 32.3. The number of aromatic nitrogens is 2. The van der Waals surface area contributed by atoms with Crippen LogP contribution in [0.4, 0.5) is 14.5 Å². The summed E-state index contributed by atoms with van der Waals surface area (Å²) in [5, 5.41) is 4.02. The highest BCUT2D eigenvalue weighted by Gasteiger charge is 2.31. The third kappa shape index (κ3) is 5.69. The second-order valence-corrected chi connectivity index (χ2v) is 10.8. The molecule has 2 fully saturated rings. The average Bonchev–Trinajstić information content (AvgIpc) is 3.78. The number of carbonyl (C=O) groups is 1. The zero-order valence-corrected chi connectivity index (χ0v) is 23.1. The highest BCUT2D eigenvalue weighted by atomic mass is 19.1. The van der Waals surface area contributed by atoms with E-state index in [0.717, 1.165) is 59.3 Å². The predicted octanol–water partition coefficient (Wildman–Crippen LogP) is 5.32. The average molecular weight is 538 g/mol. The first-order chi connectivity index (χ1) is 18.8. The number of rotatable bonds is 8. The number of benzene rings is 1. The van der Waals surface area contributed by atoms with Crippen LogP contribution in [0.15, 0.2) is 30.5 Å². The summed E-state index contributed by atoms with van der Waals surface area (Å²) in [6.07, 6.45) is 4.73. The normalized spacial score (nSPS) is 19.1. The monoisotopic (exact) mass is 537 g/mol. The van der Waals surface area contributed by atoms with Crippen molar-refractivity contribution in [1.29, 1.82) is 0 Å². The summed E-state index contributed by atoms with van der Waals surface area (Å²) in [4.78, 5) is 27.9. The maximum atomic E-state index is 14.0. The van der Waals surface area contributed by atoms with Crippen LogP contribution in [0.25, 0.3) is 10.9 Å². The van der Waals surface area contributed by atoms with Crippen LogP contribution < -0.4 is 15.0 Å². The van der Waals surface area contributed by atoms with E-state index in [1.807, 2.05) is 19.9 Å². The van der Waals surface area contributed by atoms with Crippen LogP contribution in [0.2, 0.25) is 0 Å². The summed E-state index contributed by atoms with van der Waals surface area (Å²) in [5.41, 5.74) is 4.83. The Morgan fingerprint density at radius 3 is 2.72 bits per heavy atom. The fourth-order valence-electron chi connectivity index (χ4n) is 5.56. The van der Waals surface area contributed by atoms with Gasteiger partial charge in [-0.1, -0.05) is 6.07 Å². The molecule has 1 saturated heterocycles. The molecule has 5 rings (SSSR count). The number of methoxy groups -OCH3 is 1. The quantitative estimate of drug-likeness (QED) is 0.419. The molecule has 0 bridgehead atoms. The number of anilines is 1. The predicted molar refractivity (Wildman–Crippen MR) is 149 cm³/mol. The van der Waals surface area contributed by atoms with Gasteiger partial charge in [-0.25, -0.2) is 8.78 Å². The molecule has 9 heteroatoms. The number of hydrogen-bond donors (Lipinski definition) is 1. The summed E-state index contributed by atoms with van der Waals surface area (Å²) in [7, 11) is 1.42. The van der Waals surface area contributed by atoms with Gasteiger partial charge in [-0.3, -0.25) is 19.7 Å². The molecule has 0 radical (unpaired) electrons. The second kappa shape index (κ2) is 11.4. The largest absolute Gasteiger partial charge is 0.494 e. The van der Waals surface area contributed by atoms with Crippen LogP contribution in [0.1, 0.15) is 72.4 Å². The fourth-order valence-corrected chi connectivity index (χ4v) is 5.56. The molecule has 0 unspecified atom stereocenters.